The molecular weight excluding hydrogens is 416 g/mol. The first-order chi connectivity index (χ1) is 15.2. The number of hydrogen-bond acceptors (Lipinski definition) is 4. The molecule has 1 saturated heterocycles. The number of amides is 3. The summed E-state index contributed by atoms with van der Waals surface area (Å²) in [5.74, 6) is -2.71. The predicted octanol–water partition coefficient (Wildman–Crippen LogP) is 4.21. The average Bonchev–Trinajstić information content (AvgIpc) is 2.76. The van der Waals surface area contributed by atoms with E-state index in [9.17, 15) is 23.2 Å². The second kappa shape index (κ2) is 9.99. The number of likely N-dealkylation sites (tertiary alicyclic amines) is 1. The van der Waals surface area contributed by atoms with Gasteiger partial charge in [0.05, 0.1) is 11.6 Å². The van der Waals surface area contributed by atoms with Crippen LogP contribution in [0.15, 0.2) is 36.4 Å². The van der Waals surface area contributed by atoms with E-state index in [1.807, 2.05) is 30.9 Å². The Kier molecular flexibility index (Phi) is 7.35. The lowest BCUT2D eigenvalue weighted by molar-refractivity contribution is -0.125. The fraction of sp³-hybridized carbons (Fsp3) is 0.375. The monoisotopic (exact) mass is 443 g/mol. The van der Waals surface area contributed by atoms with Crippen LogP contribution in [-0.2, 0) is 4.79 Å². The molecule has 0 saturated carbocycles. The Balaban J connectivity index is 1.52. The molecule has 1 heterocycles. The van der Waals surface area contributed by atoms with Crippen molar-refractivity contribution >= 4 is 23.4 Å². The third-order valence-corrected chi connectivity index (χ3v) is 5.89. The number of aryl methyl sites for hydroxylation is 2. The zero-order chi connectivity index (χ0) is 23.4. The number of nitrogens with zero attached hydrogens (tertiary/aromatic N) is 1. The van der Waals surface area contributed by atoms with Gasteiger partial charge in [0.2, 0.25) is 5.91 Å². The van der Waals surface area contributed by atoms with E-state index in [0.717, 1.165) is 29.3 Å². The van der Waals surface area contributed by atoms with Crippen molar-refractivity contribution < 1.29 is 23.2 Å². The van der Waals surface area contributed by atoms with Crippen molar-refractivity contribution in [1.29, 1.82) is 0 Å². The van der Waals surface area contributed by atoms with Gasteiger partial charge in [-0.25, -0.2) is 13.6 Å². The van der Waals surface area contributed by atoms with Gasteiger partial charge in [-0.2, -0.15) is 0 Å². The van der Waals surface area contributed by atoms with Crippen molar-refractivity contribution in [3.63, 3.8) is 0 Å². The molecule has 170 valence electrons. The third kappa shape index (κ3) is 5.56. The molecule has 32 heavy (non-hydrogen) atoms. The second-order valence-electron chi connectivity index (χ2n) is 8.24. The van der Waals surface area contributed by atoms with Crippen molar-refractivity contribution in [3.8, 4) is 0 Å². The molecule has 0 aliphatic carbocycles. The lowest BCUT2D eigenvalue weighted by Crippen LogP contribution is -2.50. The number of ketones is 1. The minimum absolute atomic E-state index is 0.239. The summed E-state index contributed by atoms with van der Waals surface area (Å²) in [6, 6.07) is 7.24. The van der Waals surface area contributed by atoms with Crippen LogP contribution in [0.1, 0.15) is 41.3 Å². The van der Waals surface area contributed by atoms with Crippen molar-refractivity contribution in [3.05, 3.63) is 64.7 Å². The molecule has 0 bridgehead atoms. The zero-order valence-corrected chi connectivity index (χ0v) is 18.4. The average molecular weight is 443 g/mol. The molecule has 1 atom stereocenters. The van der Waals surface area contributed by atoms with Gasteiger partial charge in [0.25, 0.3) is 0 Å². The number of halogens is 2. The standard InChI is InChI=1S/C24H27F2N3O3/c1-14-4-7-21(15(2)12-14)27-24(32)28-23(31)16(3)29-10-8-17(9-11-29)22(30)19-13-18(25)5-6-20(19)26/h4-7,12-13,16-17H,8-11H2,1-3H3,(H2,27,28,31,32). The van der Waals surface area contributed by atoms with Crippen molar-refractivity contribution in [1.82, 2.24) is 10.2 Å². The fourth-order valence-electron chi connectivity index (χ4n) is 3.94. The fourth-order valence-corrected chi connectivity index (χ4v) is 3.94. The van der Waals surface area contributed by atoms with Crippen molar-refractivity contribution in [2.24, 2.45) is 5.92 Å². The van der Waals surface area contributed by atoms with E-state index in [2.05, 4.69) is 10.6 Å². The predicted molar refractivity (Wildman–Crippen MR) is 118 cm³/mol. The first-order valence-electron chi connectivity index (χ1n) is 10.6. The Morgan fingerprint density at radius 2 is 1.72 bits per heavy atom. The van der Waals surface area contributed by atoms with Gasteiger partial charge in [0, 0.05) is 11.6 Å². The normalized spacial score (nSPS) is 15.8. The van der Waals surface area contributed by atoms with Crippen LogP contribution in [-0.4, -0.2) is 41.8 Å². The minimum Gasteiger partial charge on any atom is -0.307 e. The highest BCUT2D eigenvalue weighted by molar-refractivity contribution is 6.03. The number of urea groups is 1. The maximum atomic E-state index is 13.9. The van der Waals surface area contributed by atoms with Crippen LogP contribution in [0.25, 0.3) is 0 Å². The van der Waals surface area contributed by atoms with Gasteiger partial charge >= 0.3 is 6.03 Å². The van der Waals surface area contributed by atoms with E-state index in [-0.39, 0.29) is 5.56 Å². The molecule has 3 amide bonds. The number of nitrogens with one attached hydrogen (secondary N) is 2. The highest BCUT2D eigenvalue weighted by Crippen LogP contribution is 2.25. The van der Waals surface area contributed by atoms with Crippen LogP contribution < -0.4 is 10.6 Å². The van der Waals surface area contributed by atoms with Crippen LogP contribution in [0.3, 0.4) is 0 Å². The largest absolute Gasteiger partial charge is 0.325 e. The van der Waals surface area contributed by atoms with Gasteiger partial charge in [-0.3, -0.25) is 19.8 Å². The van der Waals surface area contributed by atoms with Crippen LogP contribution >= 0.6 is 0 Å². The number of carbonyl (C=O) groups is 3. The SMILES string of the molecule is Cc1ccc(NC(=O)NC(=O)C(C)N2CCC(C(=O)c3cc(F)ccc3F)CC2)c(C)c1. The van der Waals surface area contributed by atoms with Gasteiger partial charge in [-0.1, -0.05) is 17.7 Å². The first-order valence-corrected chi connectivity index (χ1v) is 10.6. The Labute approximate surface area is 186 Å². The molecule has 1 unspecified atom stereocenters. The van der Waals surface area contributed by atoms with E-state index in [0.29, 0.717) is 31.6 Å². The lowest BCUT2D eigenvalue weighted by Gasteiger charge is -2.34. The molecule has 0 spiro atoms. The molecule has 1 aliphatic heterocycles. The van der Waals surface area contributed by atoms with E-state index >= 15 is 0 Å². The molecule has 2 N–H and O–H groups in total. The number of hydrogen-bond donors (Lipinski definition) is 2. The highest BCUT2D eigenvalue weighted by atomic mass is 19.1. The highest BCUT2D eigenvalue weighted by Gasteiger charge is 2.31. The number of rotatable bonds is 5. The summed E-state index contributed by atoms with van der Waals surface area (Å²) in [4.78, 5) is 39.2. The van der Waals surface area contributed by atoms with Gasteiger partial charge in [0.15, 0.2) is 5.78 Å². The van der Waals surface area contributed by atoms with Gasteiger partial charge in [-0.05, 0) is 76.5 Å². The molecule has 1 fully saturated rings. The lowest BCUT2D eigenvalue weighted by atomic mass is 9.88. The Morgan fingerprint density at radius 1 is 1.03 bits per heavy atom. The number of anilines is 1. The van der Waals surface area contributed by atoms with E-state index in [1.54, 1.807) is 13.0 Å². The molecule has 3 rings (SSSR count). The topological polar surface area (TPSA) is 78.5 Å². The van der Waals surface area contributed by atoms with E-state index in [4.69, 9.17) is 0 Å². The summed E-state index contributed by atoms with van der Waals surface area (Å²) in [5.41, 5.74) is 2.34. The van der Waals surface area contributed by atoms with Crippen LogP contribution in [0.5, 0.6) is 0 Å². The summed E-state index contributed by atoms with van der Waals surface area (Å²) >= 11 is 0. The van der Waals surface area contributed by atoms with Gasteiger partial charge < -0.3 is 5.32 Å². The molecule has 6 nitrogen and oxygen atoms in total. The number of benzene rings is 2. The summed E-state index contributed by atoms with van der Waals surface area (Å²) in [5, 5.41) is 5.03. The van der Waals surface area contributed by atoms with Crippen molar-refractivity contribution in [2.75, 3.05) is 18.4 Å². The van der Waals surface area contributed by atoms with Gasteiger partial charge in [0.1, 0.15) is 11.6 Å². The molecule has 0 radical (unpaired) electrons. The molecule has 2 aromatic rings. The third-order valence-electron chi connectivity index (χ3n) is 5.89. The number of piperidine rings is 1. The Bertz CT molecular complexity index is 1030. The second-order valence-corrected chi connectivity index (χ2v) is 8.24. The number of carbonyl (C=O) groups excluding carboxylic acids is 3. The minimum atomic E-state index is -0.735. The van der Waals surface area contributed by atoms with Gasteiger partial charge in [-0.15, -0.1) is 0 Å². The Morgan fingerprint density at radius 3 is 2.38 bits per heavy atom. The van der Waals surface area contributed by atoms with E-state index in [1.165, 1.54) is 0 Å². The first kappa shape index (κ1) is 23.5. The van der Waals surface area contributed by atoms with E-state index < -0.39 is 41.3 Å². The molecule has 2 aromatic carbocycles. The molecular formula is C24H27F2N3O3. The van der Waals surface area contributed by atoms with Crippen LogP contribution in [0, 0.1) is 31.4 Å². The maximum Gasteiger partial charge on any atom is 0.325 e. The summed E-state index contributed by atoms with van der Waals surface area (Å²) in [6.45, 7) is 6.37. The van der Waals surface area contributed by atoms with Crippen LogP contribution in [0.4, 0.5) is 19.3 Å². The summed E-state index contributed by atoms with van der Waals surface area (Å²) < 4.78 is 27.3. The molecule has 1 aliphatic rings. The quantitative estimate of drug-likeness (QED) is 0.679. The summed E-state index contributed by atoms with van der Waals surface area (Å²) in [6.07, 6.45) is 0.836. The Hall–Kier alpha value is -3.13. The molecule has 8 heteroatoms. The number of Topliss-reactive ketones (excluding diaryl/α,β-unsaturated/α-hetero) is 1. The van der Waals surface area contributed by atoms with Crippen molar-refractivity contribution in [2.45, 2.75) is 39.7 Å². The molecule has 0 aromatic heterocycles. The smallest absolute Gasteiger partial charge is 0.307 e. The number of imide groups is 1. The summed E-state index contributed by atoms with van der Waals surface area (Å²) in [7, 11) is 0. The van der Waals surface area contributed by atoms with Crippen LogP contribution in [0.2, 0.25) is 0 Å². The maximum absolute atomic E-state index is 13.9. The zero-order valence-electron chi connectivity index (χ0n) is 18.4.